The molecule has 2 aromatic heterocycles. The summed E-state index contributed by atoms with van der Waals surface area (Å²) in [5.41, 5.74) is 0.135. The van der Waals surface area contributed by atoms with Gasteiger partial charge in [0.05, 0.1) is 25.8 Å². The first-order valence-corrected chi connectivity index (χ1v) is 5.96. The molecule has 0 spiro atoms. The summed E-state index contributed by atoms with van der Waals surface area (Å²) in [5.74, 6) is 0.578. The van der Waals surface area contributed by atoms with Crippen LogP contribution in [0.2, 0.25) is 0 Å². The number of rotatable bonds is 5. The molecular formula is C13H18N2O3. The van der Waals surface area contributed by atoms with E-state index in [0.29, 0.717) is 17.0 Å². The largest absolute Gasteiger partial charge is 0.493 e. The average Bonchev–Trinajstić information content (AvgIpc) is 2.98. The van der Waals surface area contributed by atoms with Crippen LogP contribution in [0, 0.1) is 0 Å². The van der Waals surface area contributed by atoms with E-state index in [1.165, 1.54) is 12.5 Å². The van der Waals surface area contributed by atoms with Crippen molar-refractivity contribution in [3.05, 3.63) is 36.0 Å². The van der Waals surface area contributed by atoms with Crippen LogP contribution in [0.3, 0.4) is 0 Å². The lowest BCUT2D eigenvalue weighted by Gasteiger charge is -2.24. The molecule has 0 amide bonds. The Bertz CT molecular complexity index is 500. The minimum Gasteiger partial charge on any atom is -0.493 e. The van der Waals surface area contributed by atoms with Gasteiger partial charge in [-0.25, -0.2) is 0 Å². The summed E-state index contributed by atoms with van der Waals surface area (Å²) in [6.07, 6.45) is 5.62. The SMILES string of the molecule is CCCn1ncc(OC)c1C(C)(O)c1ccoc1. The van der Waals surface area contributed by atoms with Crippen LogP contribution in [0.25, 0.3) is 0 Å². The fraction of sp³-hybridized carbons (Fsp3) is 0.462. The highest BCUT2D eigenvalue weighted by Gasteiger charge is 2.34. The third kappa shape index (κ3) is 2.01. The molecule has 0 fully saturated rings. The van der Waals surface area contributed by atoms with E-state index >= 15 is 0 Å². The molecule has 0 aromatic carbocycles. The van der Waals surface area contributed by atoms with Crippen LogP contribution in [0.4, 0.5) is 0 Å². The zero-order valence-electron chi connectivity index (χ0n) is 10.9. The Morgan fingerprint density at radius 2 is 2.33 bits per heavy atom. The number of nitrogens with zero attached hydrogens (tertiary/aromatic N) is 2. The first-order valence-electron chi connectivity index (χ1n) is 5.96. The van der Waals surface area contributed by atoms with Gasteiger partial charge in [0.1, 0.15) is 11.3 Å². The van der Waals surface area contributed by atoms with E-state index in [4.69, 9.17) is 9.15 Å². The highest BCUT2D eigenvalue weighted by molar-refractivity contribution is 5.38. The molecule has 0 saturated carbocycles. The number of aryl methyl sites for hydroxylation is 1. The lowest BCUT2D eigenvalue weighted by molar-refractivity contribution is 0.0875. The summed E-state index contributed by atoms with van der Waals surface area (Å²) < 4.78 is 12.1. The topological polar surface area (TPSA) is 60.4 Å². The van der Waals surface area contributed by atoms with Gasteiger partial charge in [-0.3, -0.25) is 4.68 Å². The Labute approximate surface area is 106 Å². The van der Waals surface area contributed by atoms with Crippen LogP contribution in [0.15, 0.2) is 29.2 Å². The van der Waals surface area contributed by atoms with Gasteiger partial charge in [-0.2, -0.15) is 5.10 Å². The minimum atomic E-state index is -1.19. The molecule has 0 saturated heterocycles. The van der Waals surface area contributed by atoms with Gasteiger partial charge >= 0.3 is 0 Å². The third-order valence-corrected chi connectivity index (χ3v) is 3.01. The van der Waals surface area contributed by atoms with Crippen LogP contribution >= 0.6 is 0 Å². The van der Waals surface area contributed by atoms with Crippen molar-refractivity contribution in [1.82, 2.24) is 9.78 Å². The second-order valence-corrected chi connectivity index (χ2v) is 4.37. The molecule has 0 aliphatic heterocycles. The zero-order valence-corrected chi connectivity index (χ0v) is 10.9. The van der Waals surface area contributed by atoms with E-state index in [-0.39, 0.29) is 0 Å². The van der Waals surface area contributed by atoms with Crippen LogP contribution in [-0.2, 0) is 12.1 Å². The second-order valence-electron chi connectivity index (χ2n) is 4.37. The average molecular weight is 250 g/mol. The lowest BCUT2D eigenvalue weighted by Crippen LogP contribution is -2.27. The third-order valence-electron chi connectivity index (χ3n) is 3.01. The predicted octanol–water partition coefficient (Wildman–Crippen LogP) is 2.15. The number of hydrogen-bond donors (Lipinski definition) is 1. The van der Waals surface area contributed by atoms with Crippen LogP contribution in [0.1, 0.15) is 31.5 Å². The number of aliphatic hydroxyl groups is 1. The van der Waals surface area contributed by atoms with Crippen molar-refractivity contribution in [1.29, 1.82) is 0 Å². The second kappa shape index (κ2) is 4.86. The Morgan fingerprint density at radius 1 is 1.56 bits per heavy atom. The van der Waals surface area contributed by atoms with Gasteiger partial charge in [0.25, 0.3) is 0 Å². The smallest absolute Gasteiger partial charge is 0.163 e. The van der Waals surface area contributed by atoms with Crippen LogP contribution in [-0.4, -0.2) is 22.0 Å². The first kappa shape index (κ1) is 12.7. The summed E-state index contributed by atoms with van der Waals surface area (Å²) >= 11 is 0. The van der Waals surface area contributed by atoms with Gasteiger partial charge in [-0.1, -0.05) is 6.92 Å². The molecule has 2 rings (SSSR count). The van der Waals surface area contributed by atoms with Crippen molar-refractivity contribution in [3.8, 4) is 5.75 Å². The Morgan fingerprint density at radius 3 is 2.89 bits per heavy atom. The molecule has 1 N–H and O–H groups in total. The maximum atomic E-state index is 10.8. The normalized spacial score (nSPS) is 14.4. The fourth-order valence-corrected chi connectivity index (χ4v) is 2.07. The van der Waals surface area contributed by atoms with Crippen LogP contribution < -0.4 is 4.74 Å². The zero-order chi connectivity index (χ0) is 13.2. The Balaban J connectivity index is 2.51. The first-order chi connectivity index (χ1) is 8.61. The minimum absolute atomic E-state index is 0.578. The molecule has 2 heterocycles. The molecular weight excluding hydrogens is 232 g/mol. The summed E-state index contributed by atoms with van der Waals surface area (Å²) in [5, 5.41) is 15.0. The number of ether oxygens (including phenoxy) is 1. The summed E-state index contributed by atoms with van der Waals surface area (Å²) in [7, 11) is 1.57. The molecule has 98 valence electrons. The van der Waals surface area contributed by atoms with Crippen molar-refractivity contribution in [2.45, 2.75) is 32.4 Å². The highest BCUT2D eigenvalue weighted by atomic mass is 16.5. The van der Waals surface area contributed by atoms with E-state index in [0.717, 1.165) is 13.0 Å². The molecule has 0 radical (unpaired) electrons. The Hall–Kier alpha value is -1.75. The summed E-state index contributed by atoms with van der Waals surface area (Å²) in [4.78, 5) is 0. The lowest BCUT2D eigenvalue weighted by atomic mass is 9.94. The monoisotopic (exact) mass is 250 g/mol. The highest BCUT2D eigenvalue weighted by Crippen LogP contribution is 2.35. The standard InChI is InChI=1S/C13H18N2O3/c1-4-6-15-12(11(17-3)8-14-15)13(2,16)10-5-7-18-9-10/h5,7-9,16H,4,6H2,1-3H3. The summed E-state index contributed by atoms with van der Waals surface area (Å²) in [6, 6.07) is 1.74. The van der Waals surface area contributed by atoms with Gasteiger partial charge in [0, 0.05) is 12.1 Å². The molecule has 0 bridgehead atoms. The van der Waals surface area contributed by atoms with Crippen LogP contribution in [0.5, 0.6) is 5.75 Å². The molecule has 18 heavy (non-hydrogen) atoms. The number of methoxy groups -OCH3 is 1. The van der Waals surface area contributed by atoms with Gasteiger partial charge in [0.2, 0.25) is 0 Å². The van der Waals surface area contributed by atoms with Crippen molar-refractivity contribution in [2.24, 2.45) is 0 Å². The van der Waals surface area contributed by atoms with Crippen molar-refractivity contribution < 1.29 is 14.3 Å². The molecule has 1 atom stereocenters. The number of furan rings is 1. The fourth-order valence-electron chi connectivity index (χ4n) is 2.07. The van der Waals surface area contributed by atoms with E-state index in [2.05, 4.69) is 12.0 Å². The van der Waals surface area contributed by atoms with Crippen molar-refractivity contribution in [3.63, 3.8) is 0 Å². The molecule has 1 unspecified atom stereocenters. The molecule has 0 aliphatic carbocycles. The number of hydrogen-bond acceptors (Lipinski definition) is 4. The van der Waals surface area contributed by atoms with E-state index < -0.39 is 5.60 Å². The number of aromatic nitrogens is 2. The van der Waals surface area contributed by atoms with Gasteiger partial charge in [-0.15, -0.1) is 0 Å². The van der Waals surface area contributed by atoms with Crippen molar-refractivity contribution >= 4 is 0 Å². The quantitative estimate of drug-likeness (QED) is 0.883. The predicted molar refractivity (Wildman–Crippen MR) is 66.5 cm³/mol. The molecule has 5 heteroatoms. The van der Waals surface area contributed by atoms with Gasteiger partial charge in [-0.05, 0) is 19.4 Å². The maximum Gasteiger partial charge on any atom is 0.163 e. The molecule has 2 aromatic rings. The molecule has 0 aliphatic rings. The van der Waals surface area contributed by atoms with E-state index in [9.17, 15) is 5.11 Å². The van der Waals surface area contributed by atoms with Crippen molar-refractivity contribution in [2.75, 3.05) is 7.11 Å². The van der Waals surface area contributed by atoms with E-state index in [1.54, 1.807) is 31.0 Å². The van der Waals surface area contributed by atoms with E-state index in [1.807, 2.05) is 0 Å². The Kier molecular flexibility index (Phi) is 3.43. The van der Waals surface area contributed by atoms with Gasteiger partial charge in [0.15, 0.2) is 5.75 Å². The summed E-state index contributed by atoms with van der Waals surface area (Å²) in [6.45, 7) is 4.50. The maximum absolute atomic E-state index is 10.8. The molecule has 5 nitrogen and oxygen atoms in total. The van der Waals surface area contributed by atoms with Gasteiger partial charge < -0.3 is 14.3 Å².